The second kappa shape index (κ2) is 10.9. The maximum Gasteiger partial charge on any atom is 0.412 e. The first kappa shape index (κ1) is 26.3. The summed E-state index contributed by atoms with van der Waals surface area (Å²) >= 11 is 1.40. The van der Waals surface area contributed by atoms with E-state index in [1.165, 1.54) is 35.9 Å². The van der Waals surface area contributed by atoms with Crippen LogP contribution < -0.4 is 14.8 Å². The number of aromatic nitrogens is 4. The van der Waals surface area contributed by atoms with E-state index in [-0.39, 0.29) is 5.75 Å². The molecule has 3 heterocycles. The average molecular weight is 571 g/mol. The number of hydrogen-bond acceptors (Lipinski definition) is 9. The van der Waals surface area contributed by atoms with E-state index in [4.69, 9.17) is 20.8 Å². The number of aryl methyl sites for hydroxylation is 1. The van der Waals surface area contributed by atoms with Gasteiger partial charge in [-0.2, -0.15) is 0 Å². The van der Waals surface area contributed by atoms with Crippen LogP contribution in [-0.4, -0.2) is 45.3 Å². The molecule has 0 radical (unpaired) electrons. The van der Waals surface area contributed by atoms with Crippen LogP contribution >= 0.6 is 11.3 Å². The monoisotopic (exact) mass is 570 g/mol. The van der Waals surface area contributed by atoms with E-state index in [2.05, 4.69) is 30.1 Å². The van der Waals surface area contributed by atoms with Gasteiger partial charge in [-0.05, 0) is 49.9 Å². The summed E-state index contributed by atoms with van der Waals surface area (Å²) in [5, 5.41) is 3.27. The zero-order chi connectivity index (χ0) is 28.5. The van der Waals surface area contributed by atoms with E-state index in [9.17, 15) is 4.79 Å². The third-order valence-corrected chi connectivity index (χ3v) is 7.73. The maximum absolute atomic E-state index is 15.2. The number of hydrogen-bond donors (Lipinski definition) is 1. The molecule has 41 heavy (non-hydrogen) atoms. The van der Waals surface area contributed by atoms with Gasteiger partial charge in [0.05, 0.1) is 46.8 Å². The van der Waals surface area contributed by atoms with Crippen molar-refractivity contribution < 1.29 is 23.4 Å². The van der Waals surface area contributed by atoms with E-state index in [0.29, 0.717) is 51.7 Å². The Balaban J connectivity index is 1.22. The number of anilines is 1. The maximum atomic E-state index is 15.2. The Morgan fingerprint density at radius 3 is 2.78 bits per heavy atom. The second-order valence-corrected chi connectivity index (χ2v) is 10.6. The van der Waals surface area contributed by atoms with E-state index in [1.54, 1.807) is 19.4 Å². The van der Waals surface area contributed by atoms with Gasteiger partial charge in [0.1, 0.15) is 17.2 Å². The van der Waals surface area contributed by atoms with Gasteiger partial charge in [-0.25, -0.2) is 29.0 Å². The Kier molecular flexibility index (Phi) is 7.03. The number of nitrogens with one attached hydrogen (secondary N) is 1. The summed E-state index contributed by atoms with van der Waals surface area (Å²) in [5.74, 6) is -0.0634. The molecule has 0 aliphatic heterocycles. The lowest BCUT2D eigenvalue weighted by molar-refractivity contribution is 0.0401. The number of rotatable bonds is 6. The highest BCUT2D eigenvalue weighted by molar-refractivity contribution is 7.21. The summed E-state index contributed by atoms with van der Waals surface area (Å²) in [7, 11) is 1.54. The van der Waals surface area contributed by atoms with Crippen molar-refractivity contribution in [2.45, 2.75) is 38.4 Å². The Morgan fingerprint density at radius 1 is 1.10 bits per heavy atom. The quantitative estimate of drug-likeness (QED) is 0.220. The van der Waals surface area contributed by atoms with Crippen molar-refractivity contribution in [3.05, 3.63) is 71.7 Å². The fourth-order valence-electron chi connectivity index (χ4n) is 4.81. The highest BCUT2D eigenvalue weighted by Crippen LogP contribution is 2.38. The fourth-order valence-corrected chi connectivity index (χ4v) is 5.80. The van der Waals surface area contributed by atoms with Crippen molar-refractivity contribution in [1.29, 1.82) is 0 Å². The summed E-state index contributed by atoms with van der Waals surface area (Å²) in [6, 6.07) is 8.39. The average Bonchev–Trinajstić information content (AvgIpc) is 3.58. The number of methoxy groups -OCH3 is 1. The molecule has 1 N–H and O–H groups in total. The number of carbonyl (C=O) groups is 1. The Bertz CT molecular complexity index is 1840. The van der Waals surface area contributed by atoms with Gasteiger partial charge < -0.3 is 14.2 Å². The normalized spacial score (nSPS) is 16.4. The molecule has 2 atom stereocenters. The van der Waals surface area contributed by atoms with Crippen LogP contribution in [0.5, 0.6) is 11.6 Å². The molecule has 0 bridgehead atoms. The molecule has 10 nitrogen and oxygen atoms in total. The predicted octanol–water partition coefficient (Wildman–Crippen LogP) is 6.86. The minimum absolute atomic E-state index is 0.0706. The van der Waals surface area contributed by atoms with Crippen molar-refractivity contribution in [1.82, 2.24) is 19.9 Å². The van der Waals surface area contributed by atoms with Gasteiger partial charge in [0, 0.05) is 30.1 Å². The van der Waals surface area contributed by atoms with Gasteiger partial charge in [0.2, 0.25) is 11.6 Å². The molecule has 1 saturated carbocycles. The van der Waals surface area contributed by atoms with Gasteiger partial charge in [-0.15, -0.1) is 11.3 Å². The Morgan fingerprint density at radius 2 is 1.95 bits per heavy atom. The molecule has 0 saturated heterocycles. The van der Waals surface area contributed by atoms with Gasteiger partial charge in [-0.3, -0.25) is 10.3 Å². The van der Waals surface area contributed by atoms with Gasteiger partial charge >= 0.3 is 6.09 Å². The zero-order valence-corrected chi connectivity index (χ0v) is 22.9. The molecule has 5 aromatic rings. The van der Waals surface area contributed by atoms with Crippen LogP contribution in [0.3, 0.4) is 0 Å². The molecule has 0 unspecified atom stereocenters. The number of carbonyl (C=O) groups excluding carboxylic acids is 1. The standard InChI is InChI=1S/C29H23FN6O4S/c1-15-7-18(27-21(8-15)35-26(38-3)14-33-27)28-36-20-10-19(30)24(11-25(20)41-28)39-22-5-4-6-23(22)40-29(37)34-17-9-16(31-2)12-32-13-17/h7-14,22-23H,4-6H2,1,3H3,(H,34,37)/t22-,23+/m0/s1. The molecule has 6 rings (SSSR count). The fraction of sp³-hybridized carbons (Fsp3) is 0.241. The van der Waals surface area contributed by atoms with Gasteiger partial charge in [-0.1, -0.05) is 0 Å². The minimum Gasteiger partial charge on any atom is -0.483 e. The third kappa shape index (κ3) is 5.44. The van der Waals surface area contributed by atoms with Crippen LogP contribution in [0.2, 0.25) is 0 Å². The molecule has 0 spiro atoms. The first-order valence-electron chi connectivity index (χ1n) is 12.8. The first-order valence-corrected chi connectivity index (χ1v) is 13.6. The molecule has 1 fully saturated rings. The van der Waals surface area contributed by atoms with Crippen LogP contribution in [0.25, 0.3) is 36.7 Å². The van der Waals surface area contributed by atoms with Crippen LogP contribution in [0.1, 0.15) is 24.8 Å². The lowest BCUT2D eigenvalue weighted by atomic mass is 10.1. The smallest absolute Gasteiger partial charge is 0.412 e. The highest BCUT2D eigenvalue weighted by Gasteiger charge is 2.33. The van der Waals surface area contributed by atoms with Gasteiger partial charge in [0.25, 0.3) is 0 Å². The summed E-state index contributed by atoms with van der Waals surface area (Å²) < 4.78 is 32.8. The van der Waals surface area contributed by atoms with E-state index in [0.717, 1.165) is 22.2 Å². The number of benzene rings is 2. The number of pyridine rings is 1. The topological polar surface area (TPSA) is 113 Å². The zero-order valence-electron chi connectivity index (χ0n) is 22.1. The van der Waals surface area contributed by atoms with Crippen molar-refractivity contribution in [3.8, 4) is 22.2 Å². The van der Waals surface area contributed by atoms with E-state index < -0.39 is 24.1 Å². The summed E-state index contributed by atoms with van der Waals surface area (Å²) in [5.41, 5.74) is 4.28. The second-order valence-electron chi connectivity index (χ2n) is 9.56. The highest BCUT2D eigenvalue weighted by atomic mass is 32.1. The Hall–Kier alpha value is -4.89. The van der Waals surface area contributed by atoms with Crippen LogP contribution in [0.15, 0.2) is 48.9 Å². The number of ether oxygens (including phenoxy) is 3. The van der Waals surface area contributed by atoms with Crippen molar-refractivity contribution >= 4 is 50.1 Å². The largest absolute Gasteiger partial charge is 0.483 e. The lowest BCUT2D eigenvalue weighted by Gasteiger charge is -2.22. The lowest BCUT2D eigenvalue weighted by Crippen LogP contribution is -2.32. The molecular weight excluding hydrogens is 547 g/mol. The Labute approximate surface area is 238 Å². The molecule has 1 aliphatic rings. The molecule has 1 amide bonds. The summed E-state index contributed by atoms with van der Waals surface area (Å²) in [6.07, 6.45) is 4.57. The summed E-state index contributed by atoms with van der Waals surface area (Å²) in [6.45, 7) is 9.05. The number of halogens is 1. The number of fused-ring (bicyclic) bond motifs is 2. The summed E-state index contributed by atoms with van der Waals surface area (Å²) in [4.78, 5) is 33.4. The van der Waals surface area contributed by atoms with Crippen LogP contribution in [-0.2, 0) is 4.74 Å². The number of thiazole rings is 1. The van der Waals surface area contributed by atoms with E-state index in [1.807, 2.05) is 19.1 Å². The molecular formula is C29H23FN6O4S. The number of nitrogens with zero attached hydrogens (tertiary/aromatic N) is 5. The van der Waals surface area contributed by atoms with Crippen LogP contribution in [0.4, 0.5) is 20.6 Å². The molecule has 206 valence electrons. The first-order chi connectivity index (χ1) is 19.9. The predicted molar refractivity (Wildman–Crippen MR) is 152 cm³/mol. The minimum atomic E-state index is -0.691. The number of amides is 1. The van der Waals surface area contributed by atoms with Crippen molar-refractivity contribution in [2.24, 2.45) is 0 Å². The van der Waals surface area contributed by atoms with Crippen LogP contribution in [0, 0.1) is 19.3 Å². The SMILES string of the molecule is [C-]#[N+]c1cncc(NC(=O)O[C@@H]2CCC[C@@H]2Oc2cc3sc(-c4cc(C)cc5nc(OC)cnc45)nc3cc2F)c1. The molecule has 3 aromatic heterocycles. The van der Waals surface area contributed by atoms with E-state index >= 15 is 4.39 Å². The van der Waals surface area contributed by atoms with Crippen molar-refractivity contribution in [2.75, 3.05) is 12.4 Å². The third-order valence-electron chi connectivity index (χ3n) is 6.68. The van der Waals surface area contributed by atoms with Gasteiger partial charge in [0.15, 0.2) is 11.6 Å². The molecule has 12 heteroatoms. The molecule has 2 aromatic carbocycles. The molecule has 1 aliphatic carbocycles. The van der Waals surface area contributed by atoms with Crippen molar-refractivity contribution in [3.63, 3.8) is 0 Å².